The molecule has 1 unspecified atom stereocenters. The van der Waals surface area contributed by atoms with Crippen LogP contribution in [0.1, 0.15) is 24.2 Å². The van der Waals surface area contributed by atoms with Gasteiger partial charge in [-0.05, 0) is 31.0 Å². The maximum Gasteiger partial charge on any atom is 0.339 e. The Morgan fingerprint density at radius 2 is 2.27 bits per heavy atom. The second-order valence-electron chi connectivity index (χ2n) is 3.11. The van der Waals surface area contributed by atoms with E-state index in [-0.39, 0.29) is 6.61 Å². The van der Waals surface area contributed by atoms with E-state index in [9.17, 15) is 9.90 Å². The minimum Gasteiger partial charge on any atom is -0.464 e. The van der Waals surface area contributed by atoms with E-state index in [4.69, 9.17) is 4.74 Å². The summed E-state index contributed by atoms with van der Waals surface area (Å²) in [5, 5.41) is 9.73. The molecule has 4 heteroatoms. The molecule has 0 radical (unpaired) electrons. The number of benzene rings is 1. The van der Waals surface area contributed by atoms with E-state index in [0.29, 0.717) is 5.56 Å². The molecular formula is C11H13BrO3. The van der Waals surface area contributed by atoms with Gasteiger partial charge in [0.25, 0.3) is 0 Å². The van der Waals surface area contributed by atoms with E-state index in [2.05, 4.69) is 15.9 Å². The molecule has 0 heterocycles. The van der Waals surface area contributed by atoms with Crippen LogP contribution in [0, 0.1) is 6.92 Å². The van der Waals surface area contributed by atoms with Crippen LogP contribution >= 0.6 is 15.9 Å². The van der Waals surface area contributed by atoms with E-state index in [1.54, 1.807) is 19.1 Å². The third kappa shape index (κ3) is 2.79. The van der Waals surface area contributed by atoms with E-state index < -0.39 is 12.1 Å². The third-order valence-corrected chi connectivity index (χ3v) is 2.97. The predicted octanol–water partition coefficient (Wildman–Crippen LogP) is 2.35. The highest BCUT2D eigenvalue weighted by Crippen LogP contribution is 2.25. The van der Waals surface area contributed by atoms with Crippen molar-refractivity contribution >= 4 is 21.9 Å². The number of carbonyl (C=O) groups excluding carboxylic acids is 1. The second kappa shape index (κ2) is 5.28. The van der Waals surface area contributed by atoms with Gasteiger partial charge in [-0.3, -0.25) is 0 Å². The molecule has 0 bridgehead atoms. The summed E-state index contributed by atoms with van der Waals surface area (Å²) in [6.45, 7) is 3.81. The molecule has 0 aliphatic heterocycles. The molecule has 0 spiro atoms. The highest BCUT2D eigenvalue weighted by atomic mass is 79.9. The Labute approximate surface area is 97.2 Å². The number of aliphatic hydroxyl groups is 1. The SMILES string of the molecule is CCOC(=O)C(O)c1cccc(Br)c1C. The summed E-state index contributed by atoms with van der Waals surface area (Å²) < 4.78 is 5.61. The lowest BCUT2D eigenvalue weighted by Crippen LogP contribution is -2.16. The summed E-state index contributed by atoms with van der Waals surface area (Å²) in [7, 11) is 0. The Hall–Kier alpha value is -0.870. The molecule has 0 amide bonds. The largest absolute Gasteiger partial charge is 0.464 e. The Kier molecular flexibility index (Phi) is 4.29. The van der Waals surface area contributed by atoms with Crippen LogP contribution in [0.3, 0.4) is 0 Å². The number of hydrogen-bond acceptors (Lipinski definition) is 3. The summed E-state index contributed by atoms with van der Waals surface area (Å²) in [5.41, 5.74) is 1.42. The lowest BCUT2D eigenvalue weighted by Gasteiger charge is -2.13. The molecule has 82 valence electrons. The van der Waals surface area contributed by atoms with Gasteiger partial charge in [-0.2, -0.15) is 0 Å². The fraction of sp³-hybridized carbons (Fsp3) is 0.364. The Balaban J connectivity index is 2.96. The number of halogens is 1. The zero-order chi connectivity index (χ0) is 11.4. The van der Waals surface area contributed by atoms with Crippen molar-refractivity contribution in [2.75, 3.05) is 6.61 Å². The zero-order valence-corrected chi connectivity index (χ0v) is 10.2. The molecule has 1 atom stereocenters. The molecule has 1 rings (SSSR count). The highest BCUT2D eigenvalue weighted by molar-refractivity contribution is 9.10. The van der Waals surface area contributed by atoms with Crippen molar-refractivity contribution in [1.82, 2.24) is 0 Å². The first-order valence-corrected chi connectivity index (χ1v) is 5.47. The zero-order valence-electron chi connectivity index (χ0n) is 8.66. The van der Waals surface area contributed by atoms with E-state index in [1.807, 2.05) is 13.0 Å². The Morgan fingerprint density at radius 3 is 2.87 bits per heavy atom. The number of rotatable bonds is 3. The number of hydrogen-bond donors (Lipinski definition) is 1. The van der Waals surface area contributed by atoms with Crippen LogP contribution in [0.4, 0.5) is 0 Å². The molecule has 1 aromatic rings. The average molecular weight is 273 g/mol. The van der Waals surface area contributed by atoms with Gasteiger partial charge >= 0.3 is 5.97 Å². The quantitative estimate of drug-likeness (QED) is 0.860. The van der Waals surface area contributed by atoms with E-state index in [0.717, 1.165) is 10.0 Å². The molecule has 15 heavy (non-hydrogen) atoms. The Morgan fingerprint density at radius 1 is 1.60 bits per heavy atom. The first-order valence-electron chi connectivity index (χ1n) is 4.67. The summed E-state index contributed by atoms with van der Waals surface area (Å²) in [4.78, 5) is 11.3. The van der Waals surface area contributed by atoms with Crippen LogP contribution in [-0.4, -0.2) is 17.7 Å². The van der Waals surface area contributed by atoms with Gasteiger partial charge in [-0.15, -0.1) is 0 Å². The molecule has 1 N–H and O–H groups in total. The van der Waals surface area contributed by atoms with Crippen molar-refractivity contribution in [3.63, 3.8) is 0 Å². The monoisotopic (exact) mass is 272 g/mol. The molecule has 1 aromatic carbocycles. The van der Waals surface area contributed by atoms with Gasteiger partial charge in [0, 0.05) is 4.47 Å². The lowest BCUT2D eigenvalue weighted by molar-refractivity contribution is -0.153. The van der Waals surface area contributed by atoms with Crippen LogP contribution in [0.15, 0.2) is 22.7 Å². The van der Waals surface area contributed by atoms with Crippen LogP contribution in [0.5, 0.6) is 0 Å². The van der Waals surface area contributed by atoms with Crippen molar-refractivity contribution in [3.8, 4) is 0 Å². The van der Waals surface area contributed by atoms with Gasteiger partial charge in [-0.25, -0.2) is 4.79 Å². The molecule has 0 saturated carbocycles. The molecular weight excluding hydrogens is 260 g/mol. The van der Waals surface area contributed by atoms with Crippen molar-refractivity contribution in [2.45, 2.75) is 20.0 Å². The van der Waals surface area contributed by atoms with Crippen LogP contribution in [0.2, 0.25) is 0 Å². The highest BCUT2D eigenvalue weighted by Gasteiger charge is 2.20. The second-order valence-corrected chi connectivity index (χ2v) is 3.96. The fourth-order valence-electron chi connectivity index (χ4n) is 1.27. The molecule has 0 aromatic heterocycles. The topological polar surface area (TPSA) is 46.5 Å². The minimum absolute atomic E-state index is 0.267. The molecule has 0 saturated heterocycles. The van der Waals surface area contributed by atoms with Gasteiger partial charge < -0.3 is 9.84 Å². The van der Waals surface area contributed by atoms with Crippen LogP contribution < -0.4 is 0 Å². The molecule has 0 aliphatic carbocycles. The normalized spacial score (nSPS) is 12.3. The molecule has 0 aliphatic rings. The number of aliphatic hydroxyl groups excluding tert-OH is 1. The van der Waals surface area contributed by atoms with Crippen molar-refractivity contribution in [1.29, 1.82) is 0 Å². The number of esters is 1. The van der Waals surface area contributed by atoms with E-state index in [1.165, 1.54) is 0 Å². The van der Waals surface area contributed by atoms with Crippen LogP contribution in [0.25, 0.3) is 0 Å². The summed E-state index contributed by atoms with van der Waals surface area (Å²) >= 11 is 3.34. The first-order chi connectivity index (χ1) is 7.07. The minimum atomic E-state index is -1.21. The summed E-state index contributed by atoms with van der Waals surface area (Å²) in [6, 6.07) is 5.34. The third-order valence-electron chi connectivity index (χ3n) is 2.11. The summed E-state index contributed by atoms with van der Waals surface area (Å²) in [6.07, 6.45) is -1.21. The van der Waals surface area contributed by atoms with Crippen molar-refractivity contribution < 1.29 is 14.6 Å². The maximum atomic E-state index is 11.3. The molecule has 0 fully saturated rings. The van der Waals surface area contributed by atoms with Gasteiger partial charge in [0.2, 0.25) is 0 Å². The van der Waals surface area contributed by atoms with Crippen molar-refractivity contribution in [3.05, 3.63) is 33.8 Å². The first kappa shape index (κ1) is 12.2. The fourth-order valence-corrected chi connectivity index (χ4v) is 1.65. The number of ether oxygens (including phenoxy) is 1. The summed E-state index contributed by atoms with van der Waals surface area (Å²) in [5.74, 6) is -0.612. The smallest absolute Gasteiger partial charge is 0.339 e. The van der Waals surface area contributed by atoms with Gasteiger partial charge in [0.1, 0.15) is 0 Å². The lowest BCUT2D eigenvalue weighted by atomic mass is 10.0. The van der Waals surface area contributed by atoms with Gasteiger partial charge in [0.05, 0.1) is 6.61 Å². The average Bonchev–Trinajstić information content (AvgIpc) is 2.21. The standard InChI is InChI=1S/C11H13BrO3/c1-3-15-11(14)10(13)8-5-4-6-9(12)7(8)2/h4-6,10,13H,3H2,1-2H3. The Bertz CT molecular complexity index is 363. The van der Waals surface area contributed by atoms with Crippen LogP contribution in [-0.2, 0) is 9.53 Å². The van der Waals surface area contributed by atoms with E-state index >= 15 is 0 Å². The predicted molar refractivity (Wildman–Crippen MR) is 60.5 cm³/mol. The van der Waals surface area contributed by atoms with Gasteiger partial charge in [-0.1, -0.05) is 28.1 Å². The van der Waals surface area contributed by atoms with Crippen molar-refractivity contribution in [2.24, 2.45) is 0 Å². The molecule has 3 nitrogen and oxygen atoms in total. The maximum absolute atomic E-state index is 11.3. The van der Waals surface area contributed by atoms with Gasteiger partial charge in [0.15, 0.2) is 6.10 Å². The number of carbonyl (C=O) groups is 1.